The van der Waals surface area contributed by atoms with E-state index < -0.39 is 0 Å². The van der Waals surface area contributed by atoms with Gasteiger partial charge in [-0.05, 0) is 66.9 Å². The molecule has 37 heavy (non-hydrogen) atoms. The van der Waals surface area contributed by atoms with Crippen LogP contribution in [0, 0.1) is 6.92 Å². The Morgan fingerprint density at radius 2 is 1.76 bits per heavy atom. The summed E-state index contributed by atoms with van der Waals surface area (Å²) in [5.41, 5.74) is 4.81. The average Bonchev–Trinajstić information content (AvgIpc) is 3.58. The van der Waals surface area contributed by atoms with Crippen molar-refractivity contribution in [2.75, 3.05) is 10.2 Å². The highest BCUT2D eigenvalue weighted by molar-refractivity contribution is 9.10. The number of hydrogen-bond acceptors (Lipinski definition) is 7. The summed E-state index contributed by atoms with van der Waals surface area (Å²) in [4.78, 5) is 18.3. The number of benzene rings is 2. The largest absolute Gasteiger partial charge is 0.337 e. The van der Waals surface area contributed by atoms with Crippen molar-refractivity contribution in [2.45, 2.75) is 13.0 Å². The Morgan fingerprint density at radius 1 is 0.919 bits per heavy atom. The zero-order chi connectivity index (χ0) is 24.9. The molecule has 7 rings (SSSR count). The van der Waals surface area contributed by atoms with Gasteiger partial charge in [0.2, 0.25) is 0 Å². The number of amidine groups is 2. The fourth-order valence-electron chi connectivity index (χ4n) is 4.82. The van der Waals surface area contributed by atoms with E-state index in [-0.39, 0.29) is 6.04 Å². The van der Waals surface area contributed by atoms with Crippen LogP contribution in [0.15, 0.2) is 105 Å². The van der Waals surface area contributed by atoms with E-state index in [0.29, 0.717) is 5.84 Å². The van der Waals surface area contributed by atoms with Crippen LogP contribution >= 0.6 is 27.3 Å². The fourth-order valence-corrected chi connectivity index (χ4v) is 5.91. The molecule has 0 radical (unpaired) electrons. The smallest absolute Gasteiger partial charge is 0.179 e. The van der Waals surface area contributed by atoms with E-state index in [9.17, 15) is 0 Å². The third-order valence-corrected chi connectivity index (χ3v) is 7.88. The predicted octanol–water partition coefficient (Wildman–Crippen LogP) is 7.20. The van der Waals surface area contributed by atoms with Crippen LogP contribution in [0.5, 0.6) is 0 Å². The normalized spacial score (nSPS) is 15.8. The van der Waals surface area contributed by atoms with Crippen LogP contribution in [-0.2, 0) is 0 Å². The number of aliphatic imine (C=N–C) groups is 2. The molecule has 3 aromatic heterocycles. The van der Waals surface area contributed by atoms with Gasteiger partial charge in [-0.25, -0.2) is 15.0 Å². The topological polar surface area (TPSA) is 70.7 Å². The molecule has 1 N–H and O–H groups in total. The minimum absolute atomic E-state index is 0.113. The minimum atomic E-state index is -0.113. The number of thiophene rings is 1. The lowest BCUT2D eigenvalue weighted by molar-refractivity contribution is 0.820. The monoisotopic (exact) mass is 565 g/mol. The van der Waals surface area contributed by atoms with E-state index in [1.807, 2.05) is 72.3 Å². The quantitative estimate of drug-likeness (QED) is 0.251. The molecular formula is C28H20BrN7S. The Hall–Kier alpha value is -4.08. The van der Waals surface area contributed by atoms with Crippen LogP contribution in [-0.4, -0.2) is 26.4 Å². The maximum absolute atomic E-state index is 5.22. The molecule has 9 heteroatoms. The molecule has 0 aliphatic carbocycles. The molecule has 1 atom stereocenters. The van der Waals surface area contributed by atoms with Gasteiger partial charge in [0.05, 0.1) is 17.1 Å². The summed E-state index contributed by atoms with van der Waals surface area (Å²) in [5, 5.41) is 10.6. The molecule has 0 saturated heterocycles. The van der Waals surface area contributed by atoms with Crippen molar-refractivity contribution >= 4 is 61.8 Å². The number of halogens is 1. The lowest BCUT2D eigenvalue weighted by Crippen LogP contribution is -2.46. The van der Waals surface area contributed by atoms with Gasteiger partial charge in [0.1, 0.15) is 6.04 Å². The van der Waals surface area contributed by atoms with Gasteiger partial charge < -0.3 is 10.2 Å². The third kappa shape index (κ3) is 3.70. The molecule has 0 fully saturated rings. The SMILES string of the molecule is Cc1nn(-c2ccccn2)c2c1C(c1cccs1)N1C(=N2)C(Nc2ccc(Br)cc2)=Nc2ccccc21. The van der Waals surface area contributed by atoms with E-state index in [1.54, 1.807) is 17.5 Å². The van der Waals surface area contributed by atoms with Crippen LogP contribution in [0.4, 0.5) is 22.9 Å². The Labute approximate surface area is 226 Å². The van der Waals surface area contributed by atoms with Crippen LogP contribution < -0.4 is 10.2 Å². The number of rotatable bonds is 3. The number of fused-ring (bicyclic) bond motifs is 4. The Balaban J connectivity index is 1.49. The molecule has 180 valence electrons. The van der Waals surface area contributed by atoms with Crippen molar-refractivity contribution in [3.63, 3.8) is 0 Å². The van der Waals surface area contributed by atoms with E-state index in [0.717, 1.165) is 50.3 Å². The number of nitrogens with one attached hydrogen (secondary N) is 1. The molecule has 0 spiro atoms. The van der Waals surface area contributed by atoms with E-state index >= 15 is 0 Å². The minimum Gasteiger partial charge on any atom is -0.337 e. The first-order valence-corrected chi connectivity index (χ1v) is 13.5. The molecule has 2 aliphatic rings. The lowest BCUT2D eigenvalue weighted by Gasteiger charge is -2.40. The Bertz CT molecular complexity index is 1670. The second-order valence-corrected chi connectivity index (χ2v) is 10.6. The highest BCUT2D eigenvalue weighted by Gasteiger charge is 2.41. The van der Waals surface area contributed by atoms with Gasteiger partial charge in [0, 0.05) is 26.8 Å². The summed E-state index contributed by atoms with van der Waals surface area (Å²) in [6, 6.07) is 26.2. The van der Waals surface area contributed by atoms with Crippen LogP contribution in [0.2, 0.25) is 0 Å². The first-order chi connectivity index (χ1) is 18.2. The first-order valence-electron chi connectivity index (χ1n) is 11.8. The number of para-hydroxylation sites is 2. The molecule has 0 bridgehead atoms. The second kappa shape index (κ2) is 8.79. The van der Waals surface area contributed by atoms with Gasteiger partial charge in [0.15, 0.2) is 23.3 Å². The number of nitrogens with zero attached hydrogens (tertiary/aromatic N) is 6. The molecule has 7 nitrogen and oxygen atoms in total. The zero-order valence-corrected chi connectivity index (χ0v) is 22.1. The molecule has 0 amide bonds. The lowest BCUT2D eigenvalue weighted by atomic mass is 9.98. The maximum Gasteiger partial charge on any atom is 0.179 e. The predicted molar refractivity (Wildman–Crippen MR) is 153 cm³/mol. The summed E-state index contributed by atoms with van der Waals surface area (Å²) >= 11 is 5.25. The average molecular weight is 566 g/mol. The Kier molecular flexibility index (Phi) is 5.26. The van der Waals surface area contributed by atoms with Gasteiger partial charge >= 0.3 is 0 Å². The molecular weight excluding hydrogens is 546 g/mol. The third-order valence-electron chi connectivity index (χ3n) is 6.42. The second-order valence-electron chi connectivity index (χ2n) is 8.73. The summed E-state index contributed by atoms with van der Waals surface area (Å²) < 4.78 is 2.86. The van der Waals surface area contributed by atoms with Crippen molar-refractivity contribution in [1.29, 1.82) is 0 Å². The van der Waals surface area contributed by atoms with Gasteiger partial charge in [-0.2, -0.15) is 9.78 Å². The van der Waals surface area contributed by atoms with Gasteiger partial charge in [-0.3, -0.25) is 0 Å². The van der Waals surface area contributed by atoms with Crippen LogP contribution in [0.3, 0.4) is 0 Å². The van der Waals surface area contributed by atoms with E-state index in [1.165, 1.54) is 4.88 Å². The van der Waals surface area contributed by atoms with Gasteiger partial charge in [0.25, 0.3) is 0 Å². The standard InChI is InChI=1S/C28H20BrN7S/c1-17-24-25(22-9-6-16-37-22)35-21-8-3-2-7-20(21)32-26(31-19-13-11-18(29)12-14-19)28(35)33-27(24)36(34-17)23-10-4-5-15-30-23/h2-16,25H,1H3,(H,31,32). The van der Waals surface area contributed by atoms with E-state index in [2.05, 4.69) is 54.7 Å². The molecule has 5 aromatic rings. The molecule has 5 heterocycles. The number of pyridine rings is 1. The fraction of sp³-hybridized carbons (Fsp3) is 0.0714. The summed E-state index contributed by atoms with van der Waals surface area (Å²) in [5.74, 6) is 2.92. The highest BCUT2D eigenvalue weighted by atomic mass is 79.9. The summed E-state index contributed by atoms with van der Waals surface area (Å²) in [6.45, 7) is 2.05. The van der Waals surface area contributed by atoms with Crippen LogP contribution in [0.25, 0.3) is 5.82 Å². The van der Waals surface area contributed by atoms with Crippen molar-refractivity contribution < 1.29 is 0 Å². The van der Waals surface area contributed by atoms with Crippen molar-refractivity contribution in [3.05, 3.63) is 111 Å². The molecule has 2 aromatic carbocycles. The zero-order valence-electron chi connectivity index (χ0n) is 19.7. The van der Waals surface area contributed by atoms with Crippen molar-refractivity contribution in [3.8, 4) is 5.82 Å². The van der Waals surface area contributed by atoms with Crippen molar-refractivity contribution in [2.24, 2.45) is 9.98 Å². The number of anilines is 2. The molecule has 0 saturated carbocycles. The number of aryl methyl sites for hydroxylation is 1. The Morgan fingerprint density at radius 3 is 2.54 bits per heavy atom. The van der Waals surface area contributed by atoms with Crippen molar-refractivity contribution in [1.82, 2.24) is 14.8 Å². The molecule has 2 aliphatic heterocycles. The number of hydrogen-bond donors (Lipinski definition) is 1. The van der Waals surface area contributed by atoms with Gasteiger partial charge in [-0.1, -0.05) is 40.2 Å². The highest BCUT2D eigenvalue weighted by Crippen LogP contribution is 2.48. The van der Waals surface area contributed by atoms with Gasteiger partial charge in [-0.15, -0.1) is 11.3 Å². The molecule has 1 unspecified atom stereocenters. The summed E-state index contributed by atoms with van der Waals surface area (Å²) in [7, 11) is 0. The maximum atomic E-state index is 5.22. The number of aromatic nitrogens is 3. The summed E-state index contributed by atoms with van der Waals surface area (Å²) in [6.07, 6.45) is 1.77. The van der Waals surface area contributed by atoms with Crippen LogP contribution in [0.1, 0.15) is 22.2 Å². The first kappa shape index (κ1) is 22.1. The van der Waals surface area contributed by atoms with E-state index in [4.69, 9.17) is 15.1 Å².